The lowest BCUT2D eigenvalue weighted by atomic mass is 10.2. The zero-order valence-corrected chi connectivity index (χ0v) is 21.1. The molecule has 12 heteroatoms. The second-order valence-corrected chi connectivity index (χ2v) is 10.6. The predicted octanol–water partition coefficient (Wildman–Crippen LogP) is 6.55. The average Bonchev–Trinajstić information content (AvgIpc) is 2.81. The summed E-state index contributed by atoms with van der Waals surface area (Å²) in [6.45, 7) is 6.24. The fourth-order valence-electron chi connectivity index (χ4n) is 3.25. The van der Waals surface area contributed by atoms with Crippen LogP contribution in [0.25, 0.3) is 0 Å². The van der Waals surface area contributed by atoms with Crippen molar-refractivity contribution in [2.75, 3.05) is 39.3 Å². The molecule has 2 aromatic carbocycles. The highest BCUT2D eigenvalue weighted by atomic mass is 32.3. The fraction of sp³-hybridized carbons (Fsp3) is 0.478. The molecule has 4 nitrogen and oxygen atoms in total. The maximum Gasteiger partial charge on any atom is 0.237 e. The van der Waals surface area contributed by atoms with Gasteiger partial charge < -0.3 is 21.3 Å². The standard InChI is InChI=1S/C23H34F6N4S2/c24-34(25,26)22-8-4-20(5-9-22)18-32-16-2-14-30-12-1-13-31-15-3-17-33-19-21-6-10-23(11-7-21)35(27,28)29/h4-11,30-33H,1-3,12-19H2. The van der Waals surface area contributed by atoms with Gasteiger partial charge in [0.1, 0.15) is 0 Å². The first-order valence-corrected chi connectivity index (χ1v) is 14.2. The molecule has 0 unspecified atom stereocenters. The van der Waals surface area contributed by atoms with E-state index in [1.165, 1.54) is 24.3 Å². The Kier molecular flexibility index (Phi) is 13.3. The fourth-order valence-corrected chi connectivity index (χ4v) is 4.14. The zero-order valence-electron chi connectivity index (χ0n) is 19.5. The van der Waals surface area contributed by atoms with Crippen LogP contribution in [-0.2, 0) is 13.1 Å². The van der Waals surface area contributed by atoms with Gasteiger partial charge in [0.15, 0.2) is 0 Å². The number of hydrogen-bond donors (Lipinski definition) is 4. The Morgan fingerprint density at radius 1 is 0.429 bits per heavy atom. The van der Waals surface area contributed by atoms with Crippen molar-refractivity contribution in [2.45, 2.75) is 42.1 Å². The van der Waals surface area contributed by atoms with Crippen LogP contribution in [0.1, 0.15) is 30.4 Å². The van der Waals surface area contributed by atoms with E-state index in [2.05, 4.69) is 21.3 Å². The topological polar surface area (TPSA) is 48.1 Å². The van der Waals surface area contributed by atoms with Gasteiger partial charge in [-0.1, -0.05) is 24.3 Å². The lowest BCUT2D eigenvalue weighted by Crippen LogP contribution is -2.26. The molecule has 0 saturated heterocycles. The molecule has 0 radical (unpaired) electrons. The molecule has 0 aliphatic rings. The second-order valence-electron chi connectivity index (χ2n) is 8.01. The molecule has 0 bridgehead atoms. The Labute approximate surface area is 208 Å². The summed E-state index contributed by atoms with van der Waals surface area (Å²) in [6.07, 6.45) is 2.87. The van der Waals surface area contributed by atoms with Gasteiger partial charge in [-0.25, -0.2) is 0 Å². The Morgan fingerprint density at radius 2 is 0.714 bits per heavy atom. The van der Waals surface area contributed by atoms with Crippen LogP contribution in [0, 0.1) is 0 Å². The van der Waals surface area contributed by atoms with Gasteiger partial charge in [-0.3, -0.25) is 0 Å². The van der Waals surface area contributed by atoms with Crippen molar-refractivity contribution in [1.82, 2.24) is 21.3 Å². The molecule has 35 heavy (non-hydrogen) atoms. The van der Waals surface area contributed by atoms with E-state index in [0.717, 1.165) is 93.9 Å². The van der Waals surface area contributed by atoms with Crippen LogP contribution in [0.2, 0.25) is 0 Å². The SMILES string of the molecule is FS(F)(F)c1ccc(CNCCCNCCCNCCCNCc2ccc(S(F)(F)F)cc2)cc1. The minimum Gasteiger partial charge on any atom is -0.317 e. The van der Waals surface area contributed by atoms with E-state index < -0.39 is 32.2 Å². The molecule has 4 N–H and O–H groups in total. The van der Waals surface area contributed by atoms with Gasteiger partial charge in [-0.05, 0) is 93.9 Å². The summed E-state index contributed by atoms with van der Waals surface area (Å²) < 4.78 is 75.7. The molecule has 2 aromatic rings. The lowest BCUT2D eigenvalue weighted by Gasteiger charge is -2.11. The van der Waals surface area contributed by atoms with Gasteiger partial charge >= 0.3 is 0 Å². The molecule has 2 rings (SSSR count). The van der Waals surface area contributed by atoms with E-state index in [4.69, 9.17) is 0 Å². The highest BCUT2D eigenvalue weighted by Gasteiger charge is 2.24. The van der Waals surface area contributed by atoms with Crippen molar-refractivity contribution in [3.05, 3.63) is 59.7 Å². The Hall–Kier alpha value is -1.44. The molecule has 0 saturated carbocycles. The van der Waals surface area contributed by atoms with Crippen molar-refractivity contribution in [1.29, 1.82) is 0 Å². The smallest absolute Gasteiger partial charge is 0.237 e. The van der Waals surface area contributed by atoms with Crippen molar-refractivity contribution < 1.29 is 23.3 Å². The van der Waals surface area contributed by atoms with Crippen molar-refractivity contribution >= 4 is 22.4 Å². The normalized spacial score (nSPS) is 13.2. The molecule has 0 aliphatic heterocycles. The molecule has 0 amide bonds. The van der Waals surface area contributed by atoms with E-state index in [1.807, 2.05) is 0 Å². The summed E-state index contributed by atoms with van der Waals surface area (Å²) in [6, 6.07) is 10.6. The van der Waals surface area contributed by atoms with Crippen LogP contribution in [0.3, 0.4) is 0 Å². The Balaban J connectivity index is 1.35. The van der Waals surface area contributed by atoms with Crippen LogP contribution in [0.4, 0.5) is 23.3 Å². The van der Waals surface area contributed by atoms with Crippen molar-refractivity contribution in [3.63, 3.8) is 0 Å². The summed E-state index contributed by atoms with van der Waals surface area (Å²) >= 11 is -10.3. The quantitative estimate of drug-likeness (QED) is 0.127. The maximum atomic E-state index is 12.6. The largest absolute Gasteiger partial charge is 0.317 e. The first kappa shape index (κ1) is 29.8. The molecule has 0 atom stereocenters. The van der Waals surface area contributed by atoms with Crippen LogP contribution in [0.15, 0.2) is 58.3 Å². The molecule has 0 fully saturated rings. The first-order valence-electron chi connectivity index (χ1n) is 11.5. The summed E-state index contributed by atoms with van der Waals surface area (Å²) in [5, 5.41) is 13.2. The predicted molar refractivity (Wildman–Crippen MR) is 134 cm³/mol. The summed E-state index contributed by atoms with van der Waals surface area (Å²) in [5.74, 6) is 0. The highest BCUT2D eigenvalue weighted by molar-refractivity contribution is 8.21. The first-order chi connectivity index (χ1) is 16.7. The van der Waals surface area contributed by atoms with Crippen molar-refractivity contribution in [2.24, 2.45) is 0 Å². The molecule has 0 aromatic heterocycles. The van der Waals surface area contributed by atoms with Crippen LogP contribution in [0.5, 0.6) is 0 Å². The highest BCUT2D eigenvalue weighted by Crippen LogP contribution is 2.61. The van der Waals surface area contributed by atoms with E-state index >= 15 is 0 Å². The van der Waals surface area contributed by atoms with Gasteiger partial charge in [-0.2, -0.15) is 0 Å². The molecular formula is C23H34F6N4S2. The molecule has 200 valence electrons. The lowest BCUT2D eigenvalue weighted by molar-refractivity contribution is 0.551. The number of hydrogen-bond acceptors (Lipinski definition) is 4. The van der Waals surface area contributed by atoms with Gasteiger partial charge in [0.2, 0.25) is 22.4 Å². The minimum absolute atomic E-state index is 0.547. The summed E-state index contributed by atoms with van der Waals surface area (Å²) in [5.41, 5.74) is 1.68. The number of benzene rings is 2. The average molecular weight is 545 g/mol. The number of rotatable bonds is 18. The number of halogens is 6. The maximum absolute atomic E-state index is 12.6. The van der Waals surface area contributed by atoms with Gasteiger partial charge in [0.05, 0.1) is 9.79 Å². The van der Waals surface area contributed by atoms with Crippen molar-refractivity contribution in [3.8, 4) is 0 Å². The van der Waals surface area contributed by atoms with Gasteiger partial charge in [0.25, 0.3) is 0 Å². The van der Waals surface area contributed by atoms with E-state index in [0.29, 0.717) is 13.1 Å². The molecule has 0 heterocycles. The number of nitrogens with one attached hydrogen (secondary N) is 4. The van der Waals surface area contributed by atoms with E-state index in [-0.39, 0.29) is 0 Å². The summed E-state index contributed by atoms with van der Waals surface area (Å²) in [7, 11) is 0. The van der Waals surface area contributed by atoms with Crippen LogP contribution < -0.4 is 21.3 Å². The summed E-state index contributed by atoms with van der Waals surface area (Å²) in [4.78, 5) is -1.09. The molecule has 0 spiro atoms. The Bertz CT molecular complexity index is 760. The van der Waals surface area contributed by atoms with Crippen LogP contribution >= 0.6 is 22.4 Å². The minimum atomic E-state index is -5.15. The van der Waals surface area contributed by atoms with E-state index in [1.54, 1.807) is 0 Å². The van der Waals surface area contributed by atoms with E-state index in [9.17, 15) is 23.3 Å². The third-order valence-corrected chi connectivity index (χ3v) is 6.77. The third kappa shape index (κ3) is 12.9. The monoisotopic (exact) mass is 544 g/mol. The van der Waals surface area contributed by atoms with Gasteiger partial charge in [0, 0.05) is 13.1 Å². The molecular weight excluding hydrogens is 510 g/mol. The van der Waals surface area contributed by atoms with Crippen LogP contribution in [-0.4, -0.2) is 39.3 Å². The van der Waals surface area contributed by atoms with Gasteiger partial charge in [-0.15, -0.1) is 23.3 Å². The zero-order chi connectivity index (χ0) is 25.6. The second kappa shape index (κ2) is 15.6. The Morgan fingerprint density at radius 3 is 1.00 bits per heavy atom. The third-order valence-electron chi connectivity index (χ3n) is 5.16. The molecule has 0 aliphatic carbocycles.